The van der Waals surface area contributed by atoms with Gasteiger partial charge in [0.15, 0.2) is 0 Å². The summed E-state index contributed by atoms with van der Waals surface area (Å²) in [7, 11) is 0. The number of halogens is 1. The van der Waals surface area contributed by atoms with Crippen molar-refractivity contribution in [3.63, 3.8) is 0 Å². The minimum absolute atomic E-state index is 0. The normalized spacial score (nSPS) is 7.62. The fourth-order valence-corrected chi connectivity index (χ4v) is 0.448. The van der Waals surface area contributed by atoms with Gasteiger partial charge in [-0.25, -0.2) is 0 Å². The van der Waals surface area contributed by atoms with Crippen molar-refractivity contribution in [2.75, 3.05) is 0 Å². The highest BCUT2D eigenvalue weighted by molar-refractivity contribution is 5.04. The van der Waals surface area contributed by atoms with Crippen LogP contribution in [0.5, 0.6) is 0 Å². The molecule has 0 amide bonds. The van der Waals surface area contributed by atoms with Crippen molar-refractivity contribution < 1.29 is 4.70 Å². The number of rotatable bonds is 0. The highest BCUT2D eigenvalue weighted by Crippen LogP contribution is 1.88. The molecule has 0 unspecified atom stereocenters. The number of hydrogen-bond donors (Lipinski definition) is 0. The maximum Gasteiger partial charge on any atom is 0.0297 e. The molecule has 0 N–H and O–H groups in total. The topological polar surface area (TPSA) is 12.9 Å². The molecule has 2 heteroatoms. The third-order valence-electron chi connectivity index (χ3n) is 0.809. The van der Waals surface area contributed by atoms with Gasteiger partial charge in [-0.15, -0.1) is 0 Å². The van der Waals surface area contributed by atoms with Crippen molar-refractivity contribution in [2.24, 2.45) is 0 Å². The van der Waals surface area contributed by atoms with E-state index in [1.54, 1.807) is 6.20 Å². The predicted octanol–water partition coefficient (Wildman–Crippen LogP) is 1.54. The van der Waals surface area contributed by atoms with Gasteiger partial charge in [0, 0.05) is 12.4 Å². The summed E-state index contributed by atoms with van der Waals surface area (Å²) in [4.78, 5) is 3.88. The standard InChI is InChI=1S/C6H7N.FH/c1-6-3-2-4-7-5-6;/h2-5H,1H3;1H. The van der Waals surface area contributed by atoms with Gasteiger partial charge in [0.1, 0.15) is 0 Å². The molecule has 0 aliphatic heterocycles. The van der Waals surface area contributed by atoms with Gasteiger partial charge in [-0.1, -0.05) is 6.07 Å². The summed E-state index contributed by atoms with van der Waals surface area (Å²) in [5.74, 6) is 0. The maximum atomic E-state index is 3.88. The Morgan fingerprint density at radius 1 is 1.50 bits per heavy atom. The summed E-state index contributed by atoms with van der Waals surface area (Å²) in [6.45, 7) is 2.02. The monoisotopic (exact) mass is 113 g/mol. The Kier molecular flexibility index (Phi) is 2.77. The fourth-order valence-electron chi connectivity index (χ4n) is 0.448. The van der Waals surface area contributed by atoms with Crippen LogP contribution in [0.25, 0.3) is 0 Å². The van der Waals surface area contributed by atoms with E-state index < -0.39 is 0 Å². The lowest BCUT2D eigenvalue weighted by Gasteiger charge is -1.82. The highest BCUT2D eigenvalue weighted by atomic mass is 19.0. The SMILES string of the molecule is Cc1cccnc1.F. The van der Waals surface area contributed by atoms with Gasteiger partial charge in [0.25, 0.3) is 0 Å². The Bertz CT molecular complexity index is 138. The number of aryl methyl sites for hydroxylation is 1. The summed E-state index contributed by atoms with van der Waals surface area (Å²) >= 11 is 0. The average molecular weight is 113 g/mol. The van der Waals surface area contributed by atoms with E-state index in [0.29, 0.717) is 0 Å². The zero-order valence-electron chi connectivity index (χ0n) is 4.66. The molecule has 0 radical (unpaired) electrons. The van der Waals surface area contributed by atoms with Crippen LogP contribution in [0.15, 0.2) is 24.5 Å². The molecule has 0 saturated carbocycles. The number of aromatic nitrogens is 1. The fraction of sp³-hybridized carbons (Fsp3) is 0.167. The van der Waals surface area contributed by atoms with Crippen molar-refractivity contribution in [1.82, 2.24) is 4.98 Å². The summed E-state index contributed by atoms with van der Waals surface area (Å²) in [5.41, 5.74) is 1.21. The molecule has 0 fully saturated rings. The van der Waals surface area contributed by atoms with Gasteiger partial charge in [-0.2, -0.15) is 0 Å². The first-order valence-corrected chi connectivity index (χ1v) is 2.26. The summed E-state index contributed by atoms with van der Waals surface area (Å²) in [6, 6.07) is 3.95. The van der Waals surface area contributed by atoms with Crippen molar-refractivity contribution in [2.45, 2.75) is 6.92 Å². The van der Waals surface area contributed by atoms with Gasteiger partial charge < -0.3 is 0 Å². The van der Waals surface area contributed by atoms with E-state index in [4.69, 9.17) is 0 Å². The number of hydrogen-bond acceptors (Lipinski definition) is 1. The molecular formula is C6H8FN. The van der Waals surface area contributed by atoms with Gasteiger partial charge in [0.2, 0.25) is 0 Å². The van der Waals surface area contributed by atoms with Crippen LogP contribution in [0.3, 0.4) is 0 Å². The lowest BCUT2D eigenvalue weighted by atomic mass is 10.3. The third kappa shape index (κ3) is 1.69. The summed E-state index contributed by atoms with van der Waals surface area (Å²) in [5, 5.41) is 0. The average Bonchev–Trinajstić information content (AvgIpc) is 1.69. The van der Waals surface area contributed by atoms with E-state index in [2.05, 4.69) is 4.98 Å². The Labute approximate surface area is 47.7 Å². The molecular weight excluding hydrogens is 105 g/mol. The maximum absolute atomic E-state index is 3.88. The second kappa shape index (κ2) is 3.13. The van der Waals surface area contributed by atoms with Crippen molar-refractivity contribution in [3.8, 4) is 0 Å². The molecule has 0 spiro atoms. The van der Waals surface area contributed by atoms with Gasteiger partial charge in [-0.05, 0) is 18.6 Å². The Morgan fingerprint density at radius 3 is 2.50 bits per heavy atom. The molecule has 1 aromatic heterocycles. The first-order valence-electron chi connectivity index (χ1n) is 2.26. The van der Waals surface area contributed by atoms with Crippen molar-refractivity contribution >= 4 is 0 Å². The largest absolute Gasteiger partial charge is 0.269 e. The minimum atomic E-state index is 0. The molecule has 44 valence electrons. The van der Waals surface area contributed by atoms with E-state index >= 15 is 0 Å². The molecule has 1 heterocycles. The second-order valence-corrected chi connectivity index (χ2v) is 1.53. The lowest BCUT2D eigenvalue weighted by molar-refractivity contribution is 1.11. The van der Waals surface area contributed by atoms with E-state index in [9.17, 15) is 0 Å². The molecule has 1 rings (SSSR count). The van der Waals surface area contributed by atoms with Crippen LogP contribution in [0.4, 0.5) is 4.70 Å². The zero-order valence-corrected chi connectivity index (χ0v) is 4.66. The quantitative estimate of drug-likeness (QED) is 0.497. The van der Waals surface area contributed by atoms with Gasteiger partial charge in [-0.3, -0.25) is 9.69 Å². The number of nitrogens with zero attached hydrogens (tertiary/aromatic N) is 1. The second-order valence-electron chi connectivity index (χ2n) is 1.53. The molecule has 8 heavy (non-hydrogen) atoms. The Balaban J connectivity index is 0.000000490. The van der Waals surface area contributed by atoms with E-state index in [0.717, 1.165) is 0 Å². The van der Waals surface area contributed by atoms with Gasteiger partial charge >= 0.3 is 0 Å². The Hall–Kier alpha value is -0.920. The van der Waals surface area contributed by atoms with E-state index in [1.165, 1.54) is 5.56 Å². The molecule has 0 bridgehead atoms. The summed E-state index contributed by atoms with van der Waals surface area (Å²) < 4.78 is 0. The van der Waals surface area contributed by atoms with E-state index in [1.807, 2.05) is 25.3 Å². The highest BCUT2D eigenvalue weighted by Gasteiger charge is 1.73. The minimum Gasteiger partial charge on any atom is -0.269 e. The zero-order chi connectivity index (χ0) is 5.11. The molecule has 0 aliphatic carbocycles. The molecule has 1 nitrogen and oxygen atoms in total. The van der Waals surface area contributed by atoms with Gasteiger partial charge in [0.05, 0.1) is 0 Å². The predicted molar refractivity (Wildman–Crippen MR) is 31.5 cm³/mol. The molecule has 1 aromatic rings. The molecule has 0 aromatic carbocycles. The molecule has 0 aliphatic rings. The van der Waals surface area contributed by atoms with Crippen LogP contribution >= 0.6 is 0 Å². The van der Waals surface area contributed by atoms with Crippen LogP contribution in [0.2, 0.25) is 0 Å². The molecule has 0 atom stereocenters. The number of pyridine rings is 1. The van der Waals surface area contributed by atoms with Crippen molar-refractivity contribution in [3.05, 3.63) is 30.1 Å². The lowest BCUT2D eigenvalue weighted by Crippen LogP contribution is -1.69. The summed E-state index contributed by atoms with van der Waals surface area (Å²) in [6.07, 6.45) is 3.60. The Morgan fingerprint density at radius 2 is 2.25 bits per heavy atom. The van der Waals surface area contributed by atoms with Crippen LogP contribution < -0.4 is 0 Å². The molecule has 0 saturated heterocycles. The van der Waals surface area contributed by atoms with Crippen LogP contribution in [0.1, 0.15) is 5.56 Å². The first-order chi connectivity index (χ1) is 3.39. The smallest absolute Gasteiger partial charge is 0.0297 e. The van der Waals surface area contributed by atoms with Crippen molar-refractivity contribution in [1.29, 1.82) is 0 Å². The van der Waals surface area contributed by atoms with Crippen LogP contribution in [-0.2, 0) is 0 Å². The first kappa shape index (κ1) is 7.08. The van der Waals surface area contributed by atoms with Crippen LogP contribution in [0, 0.1) is 6.92 Å². The third-order valence-corrected chi connectivity index (χ3v) is 0.809. The van der Waals surface area contributed by atoms with Crippen LogP contribution in [-0.4, -0.2) is 4.98 Å². The van der Waals surface area contributed by atoms with E-state index in [-0.39, 0.29) is 4.70 Å².